The van der Waals surface area contributed by atoms with Crippen molar-refractivity contribution in [1.82, 2.24) is 0 Å². The van der Waals surface area contributed by atoms with Gasteiger partial charge in [-0.2, -0.15) is 0 Å². The number of halogens is 1. The summed E-state index contributed by atoms with van der Waals surface area (Å²) in [5.74, 6) is 0.679. The number of anilines is 1. The highest BCUT2D eigenvalue weighted by Gasteiger charge is 2.08. The van der Waals surface area contributed by atoms with Gasteiger partial charge in [0.15, 0.2) is 0 Å². The van der Waals surface area contributed by atoms with Crippen LogP contribution in [0.5, 0.6) is 0 Å². The first-order valence-corrected chi connectivity index (χ1v) is 8.78. The number of unbranched alkanes of at least 4 members (excludes halogenated alkanes) is 6. The molecule has 0 saturated carbocycles. The molecule has 1 unspecified atom stereocenters. The zero-order chi connectivity index (χ0) is 14.1. The molecule has 0 spiro atoms. The van der Waals surface area contributed by atoms with Crippen molar-refractivity contribution < 1.29 is 4.21 Å². The molecule has 0 aromatic heterocycles. The summed E-state index contributed by atoms with van der Waals surface area (Å²) in [7, 11) is -1.02. The summed E-state index contributed by atoms with van der Waals surface area (Å²) in [6.45, 7) is 2.22. The first-order valence-electron chi connectivity index (χ1n) is 7.08. The highest BCUT2D eigenvalue weighted by Crippen LogP contribution is 2.22. The average Bonchev–Trinajstić information content (AvgIpc) is 2.40. The molecule has 1 aromatic carbocycles. The van der Waals surface area contributed by atoms with Gasteiger partial charge in [-0.05, 0) is 24.6 Å². The lowest BCUT2D eigenvalue weighted by Crippen LogP contribution is -2.02. The van der Waals surface area contributed by atoms with Gasteiger partial charge in [-0.1, -0.05) is 57.0 Å². The third kappa shape index (κ3) is 6.44. The molecule has 108 valence electrons. The van der Waals surface area contributed by atoms with E-state index in [1.54, 1.807) is 18.2 Å². The van der Waals surface area contributed by atoms with Crippen LogP contribution in [0.2, 0.25) is 5.02 Å². The zero-order valence-electron chi connectivity index (χ0n) is 11.7. The normalized spacial score (nSPS) is 12.5. The van der Waals surface area contributed by atoms with E-state index in [4.69, 9.17) is 17.3 Å². The van der Waals surface area contributed by atoms with E-state index in [0.717, 1.165) is 12.8 Å². The lowest BCUT2D eigenvalue weighted by molar-refractivity contribution is 0.601. The fourth-order valence-electron chi connectivity index (χ4n) is 2.01. The highest BCUT2D eigenvalue weighted by molar-refractivity contribution is 7.85. The van der Waals surface area contributed by atoms with Crippen LogP contribution in [-0.4, -0.2) is 9.96 Å². The summed E-state index contributed by atoms with van der Waals surface area (Å²) >= 11 is 5.90. The van der Waals surface area contributed by atoms with Gasteiger partial charge in [0.25, 0.3) is 0 Å². The predicted molar refractivity (Wildman–Crippen MR) is 85.1 cm³/mol. The minimum Gasteiger partial charge on any atom is -0.398 e. The van der Waals surface area contributed by atoms with Crippen LogP contribution in [0.25, 0.3) is 0 Å². The molecule has 0 saturated heterocycles. The third-order valence-corrected chi connectivity index (χ3v) is 4.89. The molecule has 1 rings (SSSR count). The Labute approximate surface area is 124 Å². The van der Waals surface area contributed by atoms with Crippen molar-refractivity contribution >= 4 is 28.1 Å². The largest absolute Gasteiger partial charge is 0.398 e. The van der Waals surface area contributed by atoms with Crippen LogP contribution < -0.4 is 5.73 Å². The van der Waals surface area contributed by atoms with Crippen LogP contribution in [0.15, 0.2) is 23.1 Å². The van der Waals surface area contributed by atoms with E-state index in [9.17, 15) is 4.21 Å². The minimum atomic E-state index is -1.02. The van der Waals surface area contributed by atoms with Crippen LogP contribution in [0.4, 0.5) is 5.69 Å². The van der Waals surface area contributed by atoms with Crippen molar-refractivity contribution in [3.8, 4) is 0 Å². The van der Waals surface area contributed by atoms with Crippen LogP contribution in [0.3, 0.4) is 0 Å². The first kappa shape index (κ1) is 16.5. The smallest absolute Gasteiger partial charge is 0.0632 e. The topological polar surface area (TPSA) is 43.1 Å². The summed E-state index contributed by atoms with van der Waals surface area (Å²) in [4.78, 5) is 0.679. The van der Waals surface area contributed by atoms with Crippen molar-refractivity contribution in [1.29, 1.82) is 0 Å². The molecule has 0 radical (unpaired) electrons. The maximum Gasteiger partial charge on any atom is 0.0632 e. The van der Waals surface area contributed by atoms with Gasteiger partial charge in [-0.15, -0.1) is 0 Å². The number of nitrogen functional groups attached to an aromatic ring is 1. The molecular weight excluding hydrogens is 278 g/mol. The summed E-state index contributed by atoms with van der Waals surface area (Å²) in [6.07, 6.45) is 8.59. The van der Waals surface area contributed by atoms with Gasteiger partial charge < -0.3 is 5.73 Å². The van der Waals surface area contributed by atoms with Crippen LogP contribution in [0, 0.1) is 0 Å². The lowest BCUT2D eigenvalue weighted by atomic mass is 10.1. The van der Waals surface area contributed by atoms with Gasteiger partial charge in [-0.3, -0.25) is 4.21 Å². The Morgan fingerprint density at radius 3 is 2.42 bits per heavy atom. The summed E-state index contributed by atoms with van der Waals surface area (Å²) < 4.78 is 12.1. The van der Waals surface area contributed by atoms with Gasteiger partial charge >= 0.3 is 0 Å². The maximum atomic E-state index is 12.1. The Bertz CT molecular complexity index is 409. The lowest BCUT2D eigenvalue weighted by Gasteiger charge is -2.06. The molecule has 1 aromatic rings. The molecule has 2 nitrogen and oxygen atoms in total. The van der Waals surface area contributed by atoms with Crippen LogP contribution in [0.1, 0.15) is 51.9 Å². The second-order valence-electron chi connectivity index (χ2n) is 4.85. The van der Waals surface area contributed by atoms with Gasteiger partial charge in [0, 0.05) is 16.5 Å². The molecular formula is C15H24ClNOS. The summed E-state index contributed by atoms with van der Waals surface area (Å²) in [5, 5.41) is 0.595. The standard InChI is InChI=1S/C15H24ClNOS/c1-2-3-4-5-6-7-8-11-19(18)15-12-13(16)9-10-14(15)17/h9-10,12H,2-8,11,17H2,1H3. The Kier molecular flexibility index (Phi) is 8.15. The summed E-state index contributed by atoms with van der Waals surface area (Å²) in [5.41, 5.74) is 6.40. The fraction of sp³-hybridized carbons (Fsp3) is 0.600. The fourth-order valence-corrected chi connectivity index (χ4v) is 3.52. The van der Waals surface area contributed by atoms with Gasteiger partial charge in [0.2, 0.25) is 0 Å². The van der Waals surface area contributed by atoms with E-state index in [-0.39, 0.29) is 0 Å². The Morgan fingerprint density at radius 1 is 1.11 bits per heavy atom. The SMILES string of the molecule is CCCCCCCCCS(=O)c1cc(Cl)ccc1N. The molecule has 2 N–H and O–H groups in total. The molecule has 0 amide bonds. The molecule has 0 aliphatic rings. The molecule has 0 bridgehead atoms. The van der Waals surface area contributed by atoms with Crippen molar-refractivity contribution in [2.24, 2.45) is 0 Å². The molecule has 0 fully saturated rings. The Morgan fingerprint density at radius 2 is 1.74 bits per heavy atom. The Balaban J connectivity index is 2.26. The van der Waals surface area contributed by atoms with Crippen molar-refractivity contribution in [3.05, 3.63) is 23.2 Å². The second-order valence-corrected chi connectivity index (χ2v) is 6.83. The predicted octanol–water partition coefficient (Wildman–Crippen LogP) is 4.78. The van der Waals surface area contributed by atoms with E-state index in [2.05, 4.69) is 6.92 Å². The van der Waals surface area contributed by atoms with Gasteiger partial charge in [0.05, 0.1) is 15.7 Å². The Hall–Kier alpha value is -0.540. The second kappa shape index (κ2) is 9.38. The van der Waals surface area contributed by atoms with Gasteiger partial charge in [0.1, 0.15) is 0 Å². The zero-order valence-corrected chi connectivity index (χ0v) is 13.2. The minimum absolute atomic E-state index is 0.575. The number of nitrogens with two attached hydrogens (primary N) is 1. The third-order valence-electron chi connectivity index (χ3n) is 3.15. The molecule has 0 heterocycles. The highest BCUT2D eigenvalue weighted by atomic mass is 35.5. The monoisotopic (exact) mass is 301 g/mol. The average molecular weight is 302 g/mol. The van der Waals surface area contributed by atoms with Crippen LogP contribution in [-0.2, 0) is 10.8 Å². The molecule has 0 aliphatic heterocycles. The maximum absolute atomic E-state index is 12.1. The molecule has 1 atom stereocenters. The first-order chi connectivity index (χ1) is 9.15. The van der Waals surface area contributed by atoms with E-state index in [1.165, 1.54) is 32.1 Å². The van der Waals surface area contributed by atoms with Crippen LogP contribution >= 0.6 is 11.6 Å². The number of hydrogen-bond donors (Lipinski definition) is 1. The number of rotatable bonds is 9. The van der Waals surface area contributed by atoms with E-state index in [0.29, 0.717) is 21.4 Å². The number of benzene rings is 1. The molecule has 0 aliphatic carbocycles. The van der Waals surface area contributed by atoms with E-state index < -0.39 is 10.8 Å². The van der Waals surface area contributed by atoms with E-state index >= 15 is 0 Å². The van der Waals surface area contributed by atoms with E-state index in [1.807, 2.05) is 0 Å². The molecule has 4 heteroatoms. The van der Waals surface area contributed by atoms with Crippen molar-refractivity contribution in [2.75, 3.05) is 11.5 Å². The van der Waals surface area contributed by atoms with Gasteiger partial charge in [-0.25, -0.2) is 0 Å². The van der Waals surface area contributed by atoms with Crippen molar-refractivity contribution in [3.63, 3.8) is 0 Å². The number of hydrogen-bond acceptors (Lipinski definition) is 2. The quantitative estimate of drug-likeness (QED) is 0.527. The summed E-state index contributed by atoms with van der Waals surface area (Å²) in [6, 6.07) is 5.17. The molecule has 19 heavy (non-hydrogen) atoms. The van der Waals surface area contributed by atoms with Crippen molar-refractivity contribution in [2.45, 2.75) is 56.8 Å².